The summed E-state index contributed by atoms with van der Waals surface area (Å²) in [4.78, 5) is 40.2. The van der Waals surface area contributed by atoms with Gasteiger partial charge in [0.25, 0.3) is 5.91 Å². The first kappa shape index (κ1) is 36.6. The minimum atomic E-state index is -5.08. The predicted molar refractivity (Wildman–Crippen MR) is 156 cm³/mol. The number of fused-ring (bicyclic) bond motifs is 1. The van der Waals surface area contributed by atoms with Crippen molar-refractivity contribution in [2.45, 2.75) is 31.2 Å². The van der Waals surface area contributed by atoms with Gasteiger partial charge in [0.2, 0.25) is 0 Å². The van der Waals surface area contributed by atoms with E-state index in [0.29, 0.717) is 22.6 Å². The summed E-state index contributed by atoms with van der Waals surface area (Å²) in [6.07, 6.45) is -4.74. The number of aliphatic carboxylic acids is 2. The largest absolute Gasteiger partial charge is 0.494 e. The van der Waals surface area contributed by atoms with Gasteiger partial charge in [0.15, 0.2) is 5.65 Å². The molecule has 20 heteroatoms. The van der Waals surface area contributed by atoms with Crippen molar-refractivity contribution in [3.8, 4) is 5.75 Å². The summed E-state index contributed by atoms with van der Waals surface area (Å²) in [6.45, 7) is 5.45. The molecule has 0 bridgehead atoms. The first-order valence-electron chi connectivity index (χ1n) is 13.9. The SMILES string of the molecule is COc1cc(N2CCNCC2)ccc1NC(=O)c1cnn2ccc(N3CCC[C@@H](N)C3)nc12.O=C(O)C(F)(F)F.O=C(O)C(F)(F)F. The summed E-state index contributed by atoms with van der Waals surface area (Å²) in [5.74, 6) is -4.37. The lowest BCUT2D eigenvalue weighted by molar-refractivity contribution is -0.193. The number of piperazine rings is 1. The minimum absolute atomic E-state index is 0.140. The smallest absolute Gasteiger partial charge is 0.490 e. The normalized spacial score (nSPS) is 16.7. The van der Waals surface area contributed by atoms with Gasteiger partial charge in [0.05, 0.1) is 19.0 Å². The van der Waals surface area contributed by atoms with Crippen molar-refractivity contribution in [3.63, 3.8) is 0 Å². The molecule has 0 unspecified atom stereocenters. The van der Waals surface area contributed by atoms with Crippen LogP contribution in [-0.4, -0.2) is 107 Å². The molecule has 0 radical (unpaired) electrons. The number of methoxy groups -OCH3 is 1. The molecule has 3 aromatic rings. The zero-order chi connectivity index (χ0) is 34.9. The van der Waals surface area contributed by atoms with Crippen LogP contribution in [0.4, 0.5) is 43.5 Å². The number of anilines is 3. The molecule has 1 aromatic carbocycles. The van der Waals surface area contributed by atoms with Crippen LogP contribution in [0.1, 0.15) is 23.2 Å². The van der Waals surface area contributed by atoms with Crippen molar-refractivity contribution >= 4 is 40.7 Å². The second kappa shape index (κ2) is 15.6. The van der Waals surface area contributed by atoms with Crippen LogP contribution in [0.2, 0.25) is 0 Å². The number of nitrogens with two attached hydrogens (primary N) is 1. The van der Waals surface area contributed by atoms with Crippen molar-refractivity contribution in [3.05, 3.63) is 42.2 Å². The van der Waals surface area contributed by atoms with Crippen LogP contribution < -0.4 is 30.9 Å². The van der Waals surface area contributed by atoms with E-state index in [9.17, 15) is 31.1 Å². The number of nitrogens with zero attached hydrogens (tertiary/aromatic N) is 5. The number of piperidine rings is 1. The molecule has 47 heavy (non-hydrogen) atoms. The Balaban J connectivity index is 0.000000360. The highest BCUT2D eigenvalue weighted by atomic mass is 19.4. The molecule has 5 rings (SSSR count). The van der Waals surface area contributed by atoms with E-state index >= 15 is 0 Å². The number of aromatic nitrogens is 3. The first-order chi connectivity index (χ1) is 22.0. The van der Waals surface area contributed by atoms with Crippen LogP contribution >= 0.6 is 0 Å². The van der Waals surface area contributed by atoms with Crippen LogP contribution in [0.25, 0.3) is 5.65 Å². The summed E-state index contributed by atoms with van der Waals surface area (Å²) < 4.78 is 70.7. The Morgan fingerprint density at radius 3 is 2.17 bits per heavy atom. The molecule has 0 spiro atoms. The van der Waals surface area contributed by atoms with E-state index in [1.807, 2.05) is 30.5 Å². The molecule has 1 amide bonds. The molecule has 2 aromatic heterocycles. The number of amides is 1. The molecule has 4 heterocycles. The summed E-state index contributed by atoms with van der Waals surface area (Å²) in [6, 6.07) is 7.91. The molecule has 2 aliphatic heterocycles. The average Bonchev–Trinajstić information content (AvgIpc) is 3.45. The number of hydrogen-bond acceptors (Lipinski definition) is 10. The number of ether oxygens (including phenoxy) is 1. The first-order valence-corrected chi connectivity index (χ1v) is 13.9. The second-order valence-corrected chi connectivity index (χ2v) is 10.1. The van der Waals surface area contributed by atoms with Crippen LogP contribution in [0.15, 0.2) is 36.7 Å². The number of hydrogen-bond donors (Lipinski definition) is 5. The number of carbonyl (C=O) groups excluding carboxylic acids is 1. The van der Waals surface area contributed by atoms with Gasteiger partial charge in [-0.05, 0) is 31.0 Å². The van der Waals surface area contributed by atoms with Gasteiger partial charge in [0, 0.05) is 63.3 Å². The van der Waals surface area contributed by atoms with Crippen molar-refractivity contribution in [1.29, 1.82) is 0 Å². The van der Waals surface area contributed by atoms with Gasteiger partial charge in [-0.1, -0.05) is 0 Å². The predicted octanol–water partition coefficient (Wildman–Crippen LogP) is 2.59. The highest BCUT2D eigenvalue weighted by molar-refractivity contribution is 6.09. The highest BCUT2D eigenvalue weighted by Crippen LogP contribution is 2.31. The Kier molecular flexibility index (Phi) is 12.2. The van der Waals surface area contributed by atoms with E-state index in [4.69, 9.17) is 35.3 Å². The molecule has 6 N–H and O–H groups in total. The van der Waals surface area contributed by atoms with E-state index in [1.165, 1.54) is 0 Å². The number of benzene rings is 1. The summed E-state index contributed by atoms with van der Waals surface area (Å²) in [5.41, 5.74) is 8.75. The van der Waals surface area contributed by atoms with Crippen molar-refractivity contribution in [1.82, 2.24) is 19.9 Å². The van der Waals surface area contributed by atoms with Crippen molar-refractivity contribution < 1.29 is 55.7 Å². The van der Waals surface area contributed by atoms with Crippen LogP contribution in [-0.2, 0) is 9.59 Å². The Labute approximate surface area is 263 Å². The minimum Gasteiger partial charge on any atom is -0.494 e. The lowest BCUT2D eigenvalue weighted by atomic mass is 10.1. The molecule has 2 fully saturated rings. The van der Waals surface area contributed by atoms with E-state index in [1.54, 1.807) is 17.8 Å². The summed E-state index contributed by atoms with van der Waals surface area (Å²) in [5, 5.41) is 24.9. The lowest BCUT2D eigenvalue weighted by Crippen LogP contribution is -2.43. The zero-order valence-electron chi connectivity index (χ0n) is 24.8. The molecule has 0 aliphatic carbocycles. The van der Waals surface area contributed by atoms with Gasteiger partial charge < -0.3 is 41.1 Å². The van der Waals surface area contributed by atoms with E-state index in [0.717, 1.165) is 63.6 Å². The standard InChI is InChI=1S/C23H30N8O2.2C2HF3O2/c1-33-20-13-17(29-11-7-25-8-12-29)4-5-19(20)27-23(32)18-14-26-31-10-6-21(28-22(18)31)30-9-2-3-16(24)15-30;2*3-2(4,5)1(6)7/h4-6,10,13-14,16,25H,2-3,7-9,11-12,15,24H2,1H3,(H,27,32);2*(H,6,7)/t16-;;/m1../s1. The molecular weight excluding hydrogens is 646 g/mol. The number of carbonyl (C=O) groups is 3. The van der Waals surface area contributed by atoms with Crippen molar-refractivity contribution in [2.24, 2.45) is 5.73 Å². The zero-order valence-corrected chi connectivity index (χ0v) is 24.8. The lowest BCUT2D eigenvalue weighted by Gasteiger charge is -2.31. The van der Waals surface area contributed by atoms with Gasteiger partial charge in [-0.15, -0.1) is 0 Å². The molecule has 258 valence electrons. The Morgan fingerprint density at radius 1 is 1.00 bits per heavy atom. The maximum absolute atomic E-state index is 13.2. The molecule has 14 nitrogen and oxygen atoms in total. The highest BCUT2D eigenvalue weighted by Gasteiger charge is 2.39. The Bertz CT molecular complexity index is 1520. The third-order valence-electron chi connectivity index (χ3n) is 6.78. The van der Waals surface area contributed by atoms with Gasteiger partial charge in [-0.3, -0.25) is 4.79 Å². The van der Waals surface area contributed by atoms with E-state index in [-0.39, 0.29) is 11.9 Å². The third-order valence-corrected chi connectivity index (χ3v) is 6.78. The quantitative estimate of drug-likeness (QED) is 0.249. The fourth-order valence-corrected chi connectivity index (χ4v) is 4.51. The molecule has 0 saturated carbocycles. The number of rotatable bonds is 5. The number of halogens is 6. The molecule has 2 aliphatic rings. The third kappa shape index (κ3) is 10.3. The van der Waals surface area contributed by atoms with E-state index < -0.39 is 24.3 Å². The fraction of sp³-hybridized carbons (Fsp3) is 0.444. The van der Waals surface area contributed by atoms with Crippen LogP contribution in [0, 0.1) is 0 Å². The maximum Gasteiger partial charge on any atom is 0.490 e. The number of alkyl halides is 6. The van der Waals surface area contributed by atoms with Gasteiger partial charge >= 0.3 is 24.3 Å². The van der Waals surface area contributed by atoms with E-state index in [2.05, 4.69) is 25.5 Å². The van der Waals surface area contributed by atoms with Gasteiger partial charge in [-0.25, -0.2) is 19.1 Å². The van der Waals surface area contributed by atoms with Gasteiger partial charge in [0.1, 0.15) is 17.1 Å². The molecule has 1 atom stereocenters. The maximum atomic E-state index is 13.2. The summed E-state index contributed by atoms with van der Waals surface area (Å²) >= 11 is 0. The van der Waals surface area contributed by atoms with Crippen LogP contribution in [0.5, 0.6) is 5.75 Å². The van der Waals surface area contributed by atoms with Gasteiger partial charge in [-0.2, -0.15) is 31.4 Å². The average molecular weight is 679 g/mol. The number of nitrogens with one attached hydrogen (secondary N) is 2. The Hall–Kier alpha value is -4.85. The van der Waals surface area contributed by atoms with Crippen LogP contribution in [0.3, 0.4) is 0 Å². The second-order valence-electron chi connectivity index (χ2n) is 10.1. The summed E-state index contributed by atoms with van der Waals surface area (Å²) in [7, 11) is 1.61. The fourth-order valence-electron chi connectivity index (χ4n) is 4.51. The number of carboxylic acids is 2. The monoisotopic (exact) mass is 678 g/mol. The topological polar surface area (TPSA) is 188 Å². The molecular formula is C27H32F6N8O6. The van der Waals surface area contributed by atoms with Crippen molar-refractivity contribution in [2.75, 3.05) is 61.5 Å². The molecule has 2 saturated heterocycles. The Morgan fingerprint density at radius 2 is 1.62 bits per heavy atom. The number of carboxylic acid groups (broad SMARTS) is 2.